The first kappa shape index (κ1) is 15.0. The van der Waals surface area contributed by atoms with Crippen LogP contribution in [0.25, 0.3) is 0 Å². The van der Waals surface area contributed by atoms with Crippen LogP contribution in [0.15, 0.2) is 0 Å². The maximum absolute atomic E-state index is 3.57. The van der Waals surface area contributed by atoms with Crippen molar-refractivity contribution in [1.82, 2.24) is 5.32 Å². The van der Waals surface area contributed by atoms with E-state index in [0.717, 1.165) is 0 Å². The van der Waals surface area contributed by atoms with Crippen LogP contribution < -0.4 is 5.32 Å². The highest BCUT2D eigenvalue weighted by molar-refractivity contribution is 4.53. The Hall–Kier alpha value is -0.0800. The molecule has 0 aliphatic carbocycles. The van der Waals surface area contributed by atoms with Gasteiger partial charge in [0.1, 0.15) is 0 Å². The molecule has 0 amide bonds. The molecule has 1 rings (SSSR count). The zero-order valence-electron chi connectivity index (χ0n) is 12.1. The zero-order chi connectivity index (χ0) is 12.4. The molecule has 1 aliphatic heterocycles. The van der Waals surface area contributed by atoms with Crippen molar-refractivity contribution in [2.45, 2.75) is 58.3 Å². The van der Waals surface area contributed by atoms with Gasteiger partial charge in [-0.1, -0.05) is 12.8 Å². The summed E-state index contributed by atoms with van der Waals surface area (Å²) in [7, 11) is 2.45. The Morgan fingerprint density at radius 2 is 1.24 bits per heavy atom. The third kappa shape index (κ3) is 7.05. The minimum Gasteiger partial charge on any atom is -0.326 e. The molecule has 0 aromatic heterocycles. The average Bonchev–Trinajstić information content (AvgIpc) is 2.34. The molecule has 0 aromatic carbocycles. The second-order valence-corrected chi connectivity index (χ2v) is 5.96. The van der Waals surface area contributed by atoms with Gasteiger partial charge < -0.3 is 9.80 Å². The molecule has 102 valence electrons. The van der Waals surface area contributed by atoms with E-state index >= 15 is 0 Å². The molecule has 1 atom stereocenters. The number of quaternary nitrogens is 1. The fourth-order valence-corrected chi connectivity index (χ4v) is 2.75. The maximum Gasteiger partial charge on any atom is 0.0784 e. The number of nitrogens with zero attached hydrogens (tertiary/aromatic N) is 1. The Bertz CT molecular complexity index is 166. The predicted octanol–water partition coefficient (Wildman–Crippen LogP) is 3.18. The molecule has 0 saturated carbocycles. The van der Waals surface area contributed by atoms with E-state index in [-0.39, 0.29) is 0 Å². The highest BCUT2D eigenvalue weighted by Crippen LogP contribution is 2.11. The van der Waals surface area contributed by atoms with E-state index in [1.807, 2.05) is 0 Å². The van der Waals surface area contributed by atoms with Gasteiger partial charge in [0, 0.05) is 0 Å². The second-order valence-electron chi connectivity index (χ2n) is 5.96. The van der Waals surface area contributed by atoms with Crippen molar-refractivity contribution in [2.24, 2.45) is 0 Å². The number of rotatable bonds is 1. The van der Waals surface area contributed by atoms with Gasteiger partial charge in [-0.25, -0.2) is 0 Å². The smallest absolute Gasteiger partial charge is 0.0784 e. The van der Waals surface area contributed by atoms with E-state index in [0.29, 0.717) is 0 Å². The fraction of sp³-hybridized carbons (Fsp3) is 1.00. The van der Waals surface area contributed by atoms with Gasteiger partial charge in [0.2, 0.25) is 0 Å². The van der Waals surface area contributed by atoms with Crippen molar-refractivity contribution in [3.05, 3.63) is 0 Å². The average molecular weight is 241 g/mol. The van der Waals surface area contributed by atoms with Crippen LogP contribution in [-0.2, 0) is 0 Å². The Labute approximate surface area is 108 Å². The predicted molar refractivity (Wildman–Crippen MR) is 76.3 cm³/mol. The number of hydrogen-bond donors (Lipinski definition) is 1. The van der Waals surface area contributed by atoms with Gasteiger partial charge in [-0.2, -0.15) is 0 Å². The van der Waals surface area contributed by atoms with E-state index in [2.05, 4.69) is 19.3 Å². The molecule has 0 radical (unpaired) electrons. The van der Waals surface area contributed by atoms with Gasteiger partial charge in [0.05, 0.1) is 26.7 Å². The van der Waals surface area contributed by atoms with E-state index < -0.39 is 0 Å². The van der Waals surface area contributed by atoms with Crippen molar-refractivity contribution < 1.29 is 4.48 Å². The zero-order valence-corrected chi connectivity index (χ0v) is 12.1. The van der Waals surface area contributed by atoms with Crippen LogP contribution in [0, 0.1) is 0 Å². The monoisotopic (exact) mass is 241 g/mol. The van der Waals surface area contributed by atoms with Gasteiger partial charge in [0.25, 0.3) is 0 Å². The van der Waals surface area contributed by atoms with Gasteiger partial charge in [-0.15, -0.1) is 0 Å². The molecular formula is C15H33N2+. The van der Waals surface area contributed by atoms with Crippen molar-refractivity contribution >= 4 is 0 Å². The lowest BCUT2D eigenvalue weighted by atomic mass is 10.1. The summed E-state index contributed by atoms with van der Waals surface area (Å²) in [5.41, 5.74) is 0. The van der Waals surface area contributed by atoms with Crippen LogP contribution in [0.2, 0.25) is 0 Å². The lowest BCUT2D eigenvalue weighted by molar-refractivity contribution is -0.908. The Balaban J connectivity index is 2.29. The Morgan fingerprint density at radius 3 is 1.82 bits per heavy atom. The lowest BCUT2D eigenvalue weighted by Crippen LogP contribution is -2.45. The summed E-state index contributed by atoms with van der Waals surface area (Å²) >= 11 is 0. The third-order valence-corrected chi connectivity index (χ3v) is 4.37. The van der Waals surface area contributed by atoms with Crippen molar-refractivity contribution in [3.63, 3.8) is 0 Å². The topological polar surface area (TPSA) is 12.0 Å². The first-order valence-corrected chi connectivity index (χ1v) is 7.81. The van der Waals surface area contributed by atoms with Crippen LogP contribution in [0.1, 0.15) is 58.3 Å². The molecule has 17 heavy (non-hydrogen) atoms. The molecule has 1 fully saturated rings. The van der Waals surface area contributed by atoms with Crippen LogP contribution in [0.3, 0.4) is 0 Å². The van der Waals surface area contributed by atoms with Crippen LogP contribution in [0.5, 0.6) is 0 Å². The normalized spacial score (nSPS) is 30.7. The van der Waals surface area contributed by atoms with Crippen LogP contribution in [0.4, 0.5) is 0 Å². The molecule has 1 aliphatic rings. The Kier molecular flexibility index (Phi) is 7.87. The first-order valence-electron chi connectivity index (χ1n) is 7.81. The molecule has 2 nitrogen and oxygen atoms in total. The highest BCUT2D eigenvalue weighted by Gasteiger charge is 2.17. The summed E-state index contributed by atoms with van der Waals surface area (Å²) in [5.74, 6) is 0. The van der Waals surface area contributed by atoms with E-state index in [1.165, 1.54) is 88.6 Å². The minimum absolute atomic E-state index is 1.23. The minimum atomic E-state index is 1.23. The van der Waals surface area contributed by atoms with E-state index in [9.17, 15) is 0 Å². The van der Waals surface area contributed by atoms with Crippen molar-refractivity contribution in [3.8, 4) is 0 Å². The molecular weight excluding hydrogens is 208 g/mol. The molecule has 0 bridgehead atoms. The molecule has 2 heteroatoms. The summed E-state index contributed by atoms with van der Waals surface area (Å²) in [4.78, 5) is 0. The van der Waals surface area contributed by atoms with Crippen molar-refractivity contribution in [1.29, 1.82) is 0 Å². The fourth-order valence-electron chi connectivity index (χ4n) is 2.75. The van der Waals surface area contributed by atoms with Crippen LogP contribution in [-0.4, -0.2) is 44.3 Å². The van der Waals surface area contributed by atoms with Gasteiger partial charge >= 0.3 is 0 Å². The quantitative estimate of drug-likeness (QED) is 0.695. The molecule has 1 unspecified atom stereocenters. The summed E-state index contributed by atoms with van der Waals surface area (Å²) in [6.07, 6.45) is 11.3. The number of hydrogen-bond acceptors (Lipinski definition) is 1. The van der Waals surface area contributed by atoms with Gasteiger partial charge in [-0.05, 0) is 58.5 Å². The molecule has 0 aromatic rings. The molecule has 1 saturated heterocycles. The molecule has 0 spiro atoms. The highest BCUT2D eigenvalue weighted by atomic mass is 15.3. The van der Waals surface area contributed by atoms with E-state index in [1.54, 1.807) is 0 Å². The van der Waals surface area contributed by atoms with Gasteiger partial charge in [0.15, 0.2) is 0 Å². The molecule has 1 heterocycles. The standard InChI is InChI=1S/C15H33N2/c1-3-17(2)14-10-6-4-5-8-12-16-13-9-7-11-15-17/h16H,3-15H2,1-2H3/q+1. The molecule has 1 N–H and O–H groups in total. The van der Waals surface area contributed by atoms with Crippen LogP contribution >= 0.6 is 0 Å². The number of nitrogens with one attached hydrogen (secondary N) is 1. The Morgan fingerprint density at radius 1 is 0.765 bits per heavy atom. The summed E-state index contributed by atoms with van der Waals surface area (Å²) in [6, 6.07) is 0. The lowest BCUT2D eigenvalue weighted by Gasteiger charge is -2.33. The summed E-state index contributed by atoms with van der Waals surface area (Å²) in [6.45, 7) is 8.91. The van der Waals surface area contributed by atoms with Gasteiger partial charge in [-0.3, -0.25) is 0 Å². The maximum atomic E-state index is 3.57. The third-order valence-electron chi connectivity index (χ3n) is 4.37. The SMILES string of the molecule is CC[N+]1(C)CCCCCCCNCCCCC1. The van der Waals surface area contributed by atoms with Crippen molar-refractivity contribution in [2.75, 3.05) is 39.8 Å². The summed E-state index contributed by atoms with van der Waals surface area (Å²) < 4.78 is 1.30. The first-order chi connectivity index (χ1) is 8.27. The van der Waals surface area contributed by atoms with E-state index in [4.69, 9.17) is 0 Å². The largest absolute Gasteiger partial charge is 0.326 e. The summed E-state index contributed by atoms with van der Waals surface area (Å²) in [5, 5.41) is 3.57. The second kappa shape index (κ2) is 8.93.